The molecule has 66 valence electrons. The Bertz CT molecular complexity index is 108. The quantitative estimate of drug-likeness (QED) is 0.645. The van der Waals surface area contributed by atoms with E-state index < -0.39 is 0 Å². The molecule has 0 spiro atoms. The minimum Gasteiger partial charge on any atom is -0.329 e. The first-order valence-corrected chi connectivity index (χ1v) is 4.68. The molecule has 0 heterocycles. The van der Waals surface area contributed by atoms with Crippen molar-refractivity contribution in [2.45, 2.75) is 32.7 Å². The molecule has 1 aliphatic carbocycles. The van der Waals surface area contributed by atoms with Crippen LogP contribution in [0.25, 0.3) is 0 Å². The molecule has 0 atom stereocenters. The maximum atomic E-state index is 5.53. The number of nitrogens with zero attached hydrogens (tertiary/aromatic N) is 1. The van der Waals surface area contributed by atoms with Crippen molar-refractivity contribution in [1.29, 1.82) is 0 Å². The lowest BCUT2D eigenvalue weighted by molar-refractivity contribution is 0.241. The molecule has 1 fully saturated rings. The van der Waals surface area contributed by atoms with Gasteiger partial charge in [-0.1, -0.05) is 13.8 Å². The molecular formula is C9H20N2. The van der Waals surface area contributed by atoms with E-state index in [1.54, 1.807) is 0 Å². The lowest BCUT2D eigenvalue weighted by atomic mass is 10.2. The van der Waals surface area contributed by atoms with Crippen LogP contribution in [0.2, 0.25) is 0 Å². The fourth-order valence-corrected chi connectivity index (χ4v) is 1.50. The number of hydrogen-bond donors (Lipinski definition) is 1. The molecule has 11 heavy (non-hydrogen) atoms. The van der Waals surface area contributed by atoms with Crippen LogP contribution < -0.4 is 5.73 Å². The van der Waals surface area contributed by atoms with E-state index >= 15 is 0 Å². The standard InChI is InChI=1S/C9H20N2/c1-8(2)7-11(6-5-10)9-3-4-9/h8-9H,3-7,10H2,1-2H3. The van der Waals surface area contributed by atoms with Crippen LogP contribution in [0.1, 0.15) is 26.7 Å². The maximum absolute atomic E-state index is 5.53. The summed E-state index contributed by atoms with van der Waals surface area (Å²) in [4.78, 5) is 2.53. The van der Waals surface area contributed by atoms with E-state index in [4.69, 9.17) is 5.73 Å². The van der Waals surface area contributed by atoms with Crippen molar-refractivity contribution in [3.8, 4) is 0 Å². The van der Waals surface area contributed by atoms with Crippen LogP contribution in [0.15, 0.2) is 0 Å². The summed E-state index contributed by atoms with van der Waals surface area (Å²) in [6.07, 6.45) is 2.79. The Morgan fingerprint density at radius 2 is 2.09 bits per heavy atom. The second-order valence-electron chi connectivity index (χ2n) is 3.91. The highest BCUT2D eigenvalue weighted by molar-refractivity contribution is 4.84. The molecule has 0 saturated heterocycles. The van der Waals surface area contributed by atoms with E-state index in [1.165, 1.54) is 19.4 Å². The molecule has 2 nitrogen and oxygen atoms in total. The minimum absolute atomic E-state index is 0.780. The van der Waals surface area contributed by atoms with Crippen LogP contribution in [0.4, 0.5) is 0 Å². The van der Waals surface area contributed by atoms with Crippen LogP contribution >= 0.6 is 0 Å². The Hall–Kier alpha value is -0.0800. The SMILES string of the molecule is CC(C)CN(CCN)C1CC1. The molecule has 1 aliphatic rings. The van der Waals surface area contributed by atoms with E-state index in [2.05, 4.69) is 18.7 Å². The summed E-state index contributed by atoms with van der Waals surface area (Å²) < 4.78 is 0. The van der Waals surface area contributed by atoms with Gasteiger partial charge in [-0.2, -0.15) is 0 Å². The zero-order chi connectivity index (χ0) is 8.27. The van der Waals surface area contributed by atoms with Crippen molar-refractivity contribution in [2.75, 3.05) is 19.6 Å². The van der Waals surface area contributed by atoms with Gasteiger partial charge in [0.2, 0.25) is 0 Å². The summed E-state index contributed by atoms with van der Waals surface area (Å²) in [5.74, 6) is 0.780. The van der Waals surface area contributed by atoms with Crippen LogP contribution in [-0.4, -0.2) is 30.6 Å². The molecule has 0 aromatic carbocycles. The second-order valence-corrected chi connectivity index (χ2v) is 3.91. The Balaban J connectivity index is 2.20. The third kappa shape index (κ3) is 3.21. The van der Waals surface area contributed by atoms with Gasteiger partial charge in [0.15, 0.2) is 0 Å². The Morgan fingerprint density at radius 3 is 2.45 bits per heavy atom. The molecular weight excluding hydrogens is 136 g/mol. The lowest BCUT2D eigenvalue weighted by Crippen LogP contribution is -2.34. The van der Waals surface area contributed by atoms with Crippen LogP contribution in [-0.2, 0) is 0 Å². The van der Waals surface area contributed by atoms with Crippen molar-refractivity contribution in [1.82, 2.24) is 4.90 Å². The summed E-state index contributed by atoms with van der Waals surface area (Å²) in [6.45, 7) is 7.66. The molecule has 0 radical (unpaired) electrons. The van der Waals surface area contributed by atoms with Gasteiger partial charge in [0.1, 0.15) is 0 Å². The molecule has 0 bridgehead atoms. The van der Waals surface area contributed by atoms with Gasteiger partial charge >= 0.3 is 0 Å². The molecule has 0 aromatic rings. The zero-order valence-corrected chi connectivity index (χ0v) is 7.71. The molecule has 2 N–H and O–H groups in total. The summed E-state index contributed by atoms with van der Waals surface area (Å²) in [5.41, 5.74) is 5.53. The molecule has 0 aromatic heterocycles. The molecule has 0 aliphatic heterocycles. The van der Waals surface area contributed by atoms with Crippen LogP contribution in [0.5, 0.6) is 0 Å². The van der Waals surface area contributed by atoms with Gasteiger partial charge in [0.25, 0.3) is 0 Å². The van der Waals surface area contributed by atoms with Crippen molar-refractivity contribution in [3.05, 3.63) is 0 Å². The van der Waals surface area contributed by atoms with E-state index in [1.807, 2.05) is 0 Å². The van der Waals surface area contributed by atoms with Crippen molar-refractivity contribution >= 4 is 0 Å². The Labute approximate surface area is 69.8 Å². The summed E-state index contributed by atoms with van der Waals surface area (Å²) in [7, 11) is 0. The highest BCUT2D eigenvalue weighted by Crippen LogP contribution is 2.26. The first kappa shape index (κ1) is 9.01. The van der Waals surface area contributed by atoms with Gasteiger partial charge < -0.3 is 5.73 Å². The predicted molar refractivity (Wildman–Crippen MR) is 48.5 cm³/mol. The van der Waals surface area contributed by atoms with Crippen molar-refractivity contribution in [3.63, 3.8) is 0 Å². The average molecular weight is 156 g/mol. The van der Waals surface area contributed by atoms with Crippen LogP contribution in [0.3, 0.4) is 0 Å². The molecule has 0 unspecified atom stereocenters. The van der Waals surface area contributed by atoms with E-state index in [9.17, 15) is 0 Å². The third-order valence-corrected chi connectivity index (χ3v) is 2.08. The average Bonchev–Trinajstić information content (AvgIpc) is 2.66. The summed E-state index contributed by atoms with van der Waals surface area (Å²) in [5, 5.41) is 0. The predicted octanol–water partition coefficient (Wildman–Crippen LogP) is 1.07. The number of hydrogen-bond acceptors (Lipinski definition) is 2. The fourth-order valence-electron chi connectivity index (χ4n) is 1.50. The smallest absolute Gasteiger partial charge is 0.0108 e. The molecule has 2 heteroatoms. The topological polar surface area (TPSA) is 29.3 Å². The van der Waals surface area contributed by atoms with E-state index in [0.717, 1.165) is 25.0 Å². The highest BCUT2D eigenvalue weighted by Gasteiger charge is 2.28. The maximum Gasteiger partial charge on any atom is 0.0108 e. The van der Waals surface area contributed by atoms with Gasteiger partial charge in [0, 0.05) is 25.7 Å². The van der Waals surface area contributed by atoms with Crippen molar-refractivity contribution < 1.29 is 0 Å². The van der Waals surface area contributed by atoms with Gasteiger partial charge in [-0.25, -0.2) is 0 Å². The van der Waals surface area contributed by atoms with E-state index in [0.29, 0.717) is 0 Å². The number of rotatable bonds is 5. The van der Waals surface area contributed by atoms with Crippen molar-refractivity contribution in [2.24, 2.45) is 11.7 Å². The van der Waals surface area contributed by atoms with Gasteiger partial charge in [0.05, 0.1) is 0 Å². The largest absolute Gasteiger partial charge is 0.329 e. The molecule has 1 saturated carbocycles. The van der Waals surface area contributed by atoms with Crippen LogP contribution in [0, 0.1) is 5.92 Å². The van der Waals surface area contributed by atoms with E-state index in [-0.39, 0.29) is 0 Å². The summed E-state index contributed by atoms with van der Waals surface area (Å²) >= 11 is 0. The number of nitrogens with two attached hydrogens (primary N) is 1. The highest BCUT2D eigenvalue weighted by atomic mass is 15.2. The monoisotopic (exact) mass is 156 g/mol. The van der Waals surface area contributed by atoms with Gasteiger partial charge in [-0.05, 0) is 18.8 Å². The third-order valence-electron chi connectivity index (χ3n) is 2.08. The molecule has 0 amide bonds. The molecule has 1 rings (SSSR count). The minimum atomic E-state index is 0.780. The Morgan fingerprint density at radius 1 is 1.45 bits per heavy atom. The zero-order valence-electron chi connectivity index (χ0n) is 7.71. The fraction of sp³-hybridized carbons (Fsp3) is 1.00. The van der Waals surface area contributed by atoms with Gasteiger partial charge in [-0.15, -0.1) is 0 Å². The van der Waals surface area contributed by atoms with Gasteiger partial charge in [-0.3, -0.25) is 4.90 Å². The first-order valence-electron chi connectivity index (χ1n) is 4.68. The lowest BCUT2D eigenvalue weighted by Gasteiger charge is -2.22. The first-order chi connectivity index (χ1) is 5.24. The second kappa shape index (κ2) is 4.07. The normalized spacial score (nSPS) is 18.3. The summed E-state index contributed by atoms with van der Waals surface area (Å²) in [6, 6.07) is 0.876. The Kier molecular flexibility index (Phi) is 3.34.